The summed E-state index contributed by atoms with van der Waals surface area (Å²) < 4.78 is 35.2. The fraction of sp³-hybridized carbons (Fsp3) is 0.148. The molecule has 0 aliphatic rings. The van der Waals surface area contributed by atoms with Crippen molar-refractivity contribution < 1.29 is 17.6 Å². The van der Waals surface area contributed by atoms with Gasteiger partial charge >= 0.3 is 0 Å². The fourth-order valence-corrected chi connectivity index (χ4v) is 5.03. The molecule has 0 fully saturated rings. The van der Waals surface area contributed by atoms with Gasteiger partial charge in [0.1, 0.15) is 40.0 Å². The summed E-state index contributed by atoms with van der Waals surface area (Å²) in [6, 6.07) is 17.4. The molecular formula is C27H24ClN5O4S. The number of nitrogens with one attached hydrogen (secondary N) is 1. The van der Waals surface area contributed by atoms with Gasteiger partial charge in [-0.25, -0.2) is 18.4 Å². The van der Waals surface area contributed by atoms with E-state index in [-0.39, 0.29) is 5.75 Å². The topological polar surface area (TPSA) is 133 Å². The lowest BCUT2D eigenvalue weighted by Crippen LogP contribution is -2.20. The zero-order valence-electron chi connectivity index (χ0n) is 20.3. The second kappa shape index (κ2) is 10.8. The molecule has 3 aromatic heterocycles. The predicted molar refractivity (Wildman–Crippen MR) is 147 cm³/mol. The molecule has 1 atom stereocenters. The number of fused-ring (bicyclic) bond motifs is 1. The average molecular weight is 550 g/mol. The van der Waals surface area contributed by atoms with Crippen molar-refractivity contribution in [1.29, 1.82) is 0 Å². The maximum absolute atomic E-state index is 11.7. The van der Waals surface area contributed by atoms with E-state index in [4.69, 9.17) is 26.5 Å². The van der Waals surface area contributed by atoms with E-state index in [1.165, 1.54) is 6.33 Å². The van der Waals surface area contributed by atoms with Crippen LogP contribution in [0.15, 0.2) is 83.8 Å². The number of hydrogen-bond donors (Lipinski definition) is 2. The van der Waals surface area contributed by atoms with Gasteiger partial charge in [0, 0.05) is 35.3 Å². The van der Waals surface area contributed by atoms with Crippen LogP contribution in [0.4, 0.5) is 11.4 Å². The maximum Gasteiger partial charge on any atom is 0.149 e. The Morgan fingerprint density at radius 1 is 1.11 bits per heavy atom. The SMILES string of the molecule is CS(=O)(=O)CC(N)c1ccc(-c2ccc3ncncc3c2Nc2ccc(OCc3ccccn3)c(Cl)c2)o1. The summed E-state index contributed by atoms with van der Waals surface area (Å²) >= 11 is 6.54. The molecule has 3 N–H and O–H groups in total. The third-order valence-electron chi connectivity index (χ3n) is 5.73. The van der Waals surface area contributed by atoms with Crippen LogP contribution in [0.3, 0.4) is 0 Å². The van der Waals surface area contributed by atoms with Gasteiger partial charge in [0.25, 0.3) is 0 Å². The minimum atomic E-state index is -3.27. The zero-order valence-corrected chi connectivity index (χ0v) is 21.9. The number of anilines is 2. The lowest BCUT2D eigenvalue weighted by Gasteiger charge is -2.15. The van der Waals surface area contributed by atoms with Gasteiger partial charge in [-0.1, -0.05) is 17.7 Å². The van der Waals surface area contributed by atoms with Crippen molar-refractivity contribution >= 4 is 43.7 Å². The monoisotopic (exact) mass is 549 g/mol. The van der Waals surface area contributed by atoms with Crippen LogP contribution < -0.4 is 15.8 Å². The van der Waals surface area contributed by atoms with E-state index in [1.54, 1.807) is 36.7 Å². The van der Waals surface area contributed by atoms with E-state index in [9.17, 15) is 8.42 Å². The van der Waals surface area contributed by atoms with Crippen molar-refractivity contribution in [2.75, 3.05) is 17.3 Å². The predicted octanol–water partition coefficient (Wildman–Crippen LogP) is 5.31. The molecule has 0 amide bonds. The number of pyridine rings is 1. The standard InChI is InChI=1S/C27H24ClN5O4S/c1-38(34,35)15-22(29)26-10-9-24(37-26)19-6-7-23-20(13-30-16-32-23)27(19)33-17-5-8-25(21(28)12-17)36-14-18-4-2-3-11-31-18/h2-13,16,22,33H,14-15,29H2,1H3. The number of ether oxygens (including phenoxy) is 1. The first-order valence-corrected chi connectivity index (χ1v) is 14.1. The van der Waals surface area contributed by atoms with Crippen LogP contribution in [0.1, 0.15) is 17.5 Å². The molecule has 0 saturated carbocycles. The number of furan rings is 1. The Bertz CT molecular complexity index is 1690. The van der Waals surface area contributed by atoms with E-state index in [2.05, 4.69) is 20.3 Å². The largest absolute Gasteiger partial charge is 0.486 e. The van der Waals surface area contributed by atoms with Crippen LogP contribution in [0.25, 0.3) is 22.2 Å². The average Bonchev–Trinajstić information content (AvgIpc) is 3.38. The number of nitrogens with two attached hydrogens (primary N) is 1. The minimum absolute atomic E-state index is 0.218. The van der Waals surface area contributed by atoms with E-state index in [0.29, 0.717) is 40.3 Å². The summed E-state index contributed by atoms with van der Waals surface area (Å²) in [5.41, 5.74) is 9.72. The molecule has 0 aliphatic heterocycles. The summed E-state index contributed by atoms with van der Waals surface area (Å²) in [6.45, 7) is 0.292. The lowest BCUT2D eigenvalue weighted by atomic mass is 10.1. The van der Waals surface area contributed by atoms with Crippen molar-refractivity contribution in [2.45, 2.75) is 12.6 Å². The van der Waals surface area contributed by atoms with Gasteiger partial charge < -0.3 is 20.2 Å². The molecule has 0 radical (unpaired) electrons. The molecule has 11 heteroatoms. The molecule has 5 aromatic rings. The highest BCUT2D eigenvalue weighted by Gasteiger charge is 2.20. The van der Waals surface area contributed by atoms with Crippen molar-refractivity contribution in [3.63, 3.8) is 0 Å². The molecule has 5 rings (SSSR count). The van der Waals surface area contributed by atoms with Gasteiger partial charge in [0.2, 0.25) is 0 Å². The number of benzene rings is 2. The molecule has 1 unspecified atom stereocenters. The number of hydrogen-bond acceptors (Lipinski definition) is 9. The fourth-order valence-electron chi connectivity index (χ4n) is 3.98. The molecule has 2 aromatic carbocycles. The highest BCUT2D eigenvalue weighted by atomic mass is 35.5. The van der Waals surface area contributed by atoms with Crippen molar-refractivity contribution in [1.82, 2.24) is 15.0 Å². The van der Waals surface area contributed by atoms with Crippen LogP contribution >= 0.6 is 11.6 Å². The molecule has 0 saturated heterocycles. The van der Waals surface area contributed by atoms with Crippen molar-refractivity contribution in [2.24, 2.45) is 5.73 Å². The van der Waals surface area contributed by atoms with Crippen LogP contribution in [-0.4, -0.2) is 35.4 Å². The smallest absolute Gasteiger partial charge is 0.149 e. The Labute approximate surface area is 224 Å². The van der Waals surface area contributed by atoms with E-state index in [1.807, 2.05) is 36.4 Å². The molecule has 0 aliphatic carbocycles. The van der Waals surface area contributed by atoms with Crippen LogP contribution in [0.5, 0.6) is 5.75 Å². The second-order valence-electron chi connectivity index (χ2n) is 8.72. The first-order valence-electron chi connectivity index (χ1n) is 11.6. The highest BCUT2D eigenvalue weighted by Crippen LogP contribution is 2.38. The van der Waals surface area contributed by atoms with Crippen LogP contribution in [-0.2, 0) is 16.4 Å². The summed E-state index contributed by atoms with van der Waals surface area (Å²) in [5.74, 6) is 1.20. The summed E-state index contributed by atoms with van der Waals surface area (Å²) in [7, 11) is -3.27. The van der Waals surface area contributed by atoms with Crippen LogP contribution in [0, 0.1) is 0 Å². The lowest BCUT2D eigenvalue weighted by molar-refractivity contribution is 0.301. The second-order valence-corrected chi connectivity index (χ2v) is 11.3. The number of nitrogens with zero attached hydrogens (tertiary/aromatic N) is 3. The van der Waals surface area contributed by atoms with E-state index >= 15 is 0 Å². The van der Waals surface area contributed by atoms with Crippen molar-refractivity contribution in [3.05, 3.63) is 95.9 Å². The Kier molecular flexibility index (Phi) is 7.28. The van der Waals surface area contributed by atoms with Gasteiger partial charge in [-0.15, -0.1) is 0 Å². The van der Waals surface area contributed by atoms with Gasteiger partial charge in [-0.05, 0) is 54.6 Å². The first kappa shape index (κ1) is 25.7. The molecule has 38 heavy (non-hydrogen) atoms. The number of sulfone groups is 1. The minimum Gasteiger partial charge on any atom is -0.486 e. The molecule has 3 heterocycles. The third kappa shape index (κ3) is 5.94. The Balaban J connectivity index is 1.45. The molecule has 0 spiro atoms. The van der Waals surface area contributed by atoms with Gasteiger partial charge in [-0.3, -0.25) is 4.98 Å². The third-order valence-corrected chi connectivity index (χ3v) is 6.99. The van der Waals surface area contributed by atoms with Gasteiger partial charge in [0.15, 0.2) is 0 Å². The molecule has 194 valence electrons. The zero-order chi connectivity index (χ0) is 26.7. The summed E-state index contributed by atoms with van der Waals surface area (Å²) in [5, 5.41) is 4.60. The Morgan fingerprint density at radius 3 is 2.74 bits per heavy atom. The summed E-state index contributed by atoms with van der Waals surface area (Å²) in [4.78, 5) is 12.8. The maximum atomic E-state index is 11.7. The van der Waals surface area contributed by atoms with Gasteiger partial charge in [0.05, 0.1) is 33.7 Å². The first-order chi connectivity index (χ1) is 18.3. The summed E-state index contributed by atoms with van der Waals surface area (Å²) in [6.07, 6.45) is 6.03. The normalized spacial score (nSPS) is 12.4. The van der Waals surface area contributed by atoms with Gasteiger partial charge in [-0.2, -0.15) is 0 Å². The van der Waals surface area contributed by atoms with Crippen LogP contribution in [0.2, 0.25) is 5.02 Å². The molecule has 9 nitrogen and oxygen atoms in total. The van der Waals surface area contributed by atoms with Crippen molar-refractivity contribution in [3.8, 4) is 17.1 Å². The Hall–Kier alpha value is -3.99. The molecule has 0 bridgehead atoms. The number of rotatable bonds is 9. The molecular weight excluding hydrogens is 526 g/mol. The number of halogens is 1. The Morgan fingerprint density at radius 2 is 1.97 bits per heavy atom. The van der Waals surface area contributed by atoms with E-state index < -0.39 is 15.9 Å². The number of aromatic nitrogens is 3. The highest BCUT2D eigenvalue weighted by molar-refractivity contribution is 7.90. The quantitative estimate of drug-likeness (QED) is 0.251. The van der Waals surface area contributed by atoms with E-state index in [0.717, 1.165) is 28.4 Å².